The third-order valence-electron chi connectivity index (χ3n) is 3.96. The number of anilines is 1. The van der Waals surface area contributed by atoms with Gasteiger partial charge in [-0.25, -0.2) is 4.99 Å². The van der Waals surface area contributed by atoms with Gasteiger partial charge in [-0.15, -0.1) is 12.6 Å². The third kappa shape index (κ3) is 2.24. The van der Waals surface area contributed by atoms with Gasteiger partial charge in [-0.3, -0.25) is 4.90 Å². The summed E-state index contributed by atoms with van der Waals surface area (Å²) in [6, 6.07) is 7.89. The zero-order valence-electron chi connectivity index (χ0n) is 11.3. The predicted octanol–water partition coefficient (Wildman–Crippen LogP) is 2.09. The molecule has 1 aromatic carbocycles. The summed E-state index contributed by atoms with van der Waals surface area (Å²) in [6.45, 7) is 0. The van der Waals surface area contributed by atoms with Gasteiger partial charge < -0.3 is 11.5 Å². The summed E-state index contributed by atoms with van der Waals surface area (Å²) < 4.78 is 0. The van der Waals surface area contributed by atoms with E-state index in [1.54, 1.807) is 0 Å². The molecule has 4 N–H and O–H groups in total. The fraction of sp³-hybridized carbons (Fsp3) is 0.429. The first-order chi connectivity index (χ1) is 9.61. The van der Waals surface area contributed by atoms with E-state index in [0.717, 1.165) is 36.3 Å². The standard InChI is InChI=1S/C14H19N5S/c15-12-17-13(16)19(10-4-6-11(20)7-5-10)14(18-12)8-2-1-3-9-14/h4-7,20H,1-3,8-9H2,(H4,15,16,17,18). The van der Waals surface area contributed by atoms with Gasteiger partial charge in [-0.1, -0.05) is 6.42 Å². The first-order valence-electron chi connectivity index (χ1n) is 6.89. The van der Waals surface area contributed by atoms with Crippen LogP contribution in [0.1, 0.15) is 32.1 Å². The Morgan fingerprint density at radius 2 is 1.70 bits per heavy atom. The van der Waals surface area contributed by atoms with Crippen LogP contribution in [0.3, 0.4) is 0 Å². The lowest BCUT2D eigenvalue weighted by molar-refractivity contribution is 0.305. The molecule has 1 spiro atoms. The van der Waals surface area contributed by atoms with Crippen LogP contribution in [-0.2, 0) is 0 Å². The summed E-state index contributed by atoms with van der Waals surface area (Å²) in [5.74, 6) is 0.706. The highest BCUT2D eigenvalue weighted by atomic mass is 32.1. The van der Waals surface area contributed by atoms with Gasteiger partial charge in [0.05, 0.1) is 0 Å². The highest BCUT2D eigenvalue weighted by Gasteiger charge is 2.42. The number of benzene rings is 1. The molecule has 6 heteroatoms. The molecule has 1 aromatic rings. The molecular formula is C14H19N5S. The summed E-state index contributed by atoms with van der Waals surface area (Å²) >= 11 is 4.32. The molecule has 106 valence electrons. The Balaban J connectivity index is 2.05. The number of guanidine groups is 2. The summed E-state index contributed by atoms with van der Waals surface area (Å²) in [5, 5.41) is 0. The number of thiol groups is 1. The van der Waals surface area contributed by atoms with E-state index in [2.05, 4.69) is 22.6 Å². The van der Waals surface area contributed by atoms with Crippen LogP contribution in [0.25, 0.3) is 0 Å². The monoisotopic (exact) mass is 289 g/mol. The summed E-state index contributed by atoms with van der Waals surface area (Å²) in [7, 11) is 0. The largest absolute Gasteiger partial charge is 0.369 e. The van der Waals surface area contributed by atoms with Crippen LogP contribution < -0.4 is 16.4 Å². The molecule has 1 aliphatic heterocycles. The Morgan fingerprint density at radius 3 is 2.35 bits per heavy atom. The molecule has 1 aliphatic carbocycles. The maximum atomic E-state index is 6.14. The molecular weight excluding hydrogens is 270 g/mol. The first-order valence-corrected chi connectivity index (χ1v) is 7.34. The number of aliphatic imine (C=N–C) groups is 2. The van der Waals surface area contributed by atoms with Gasteiger partial charge in [0.25, 0.3) is 0 Å². The zero-order chi connectivity index (χ0) is 14.2. The Morgan fingerprint density at radius 1 is 1.05 bits per heavy atom. The lowest BCUT2D eigenvalue weighted by Gasteiger charge is -2.45. The van der Waals surface area contributed by atoms with Crippen LogP contribution in [0.5, 0.6) is 0 Å². The molecule has 2 aliphatic rings. The van der Waals surface area contributed by atoms with Crippen molar-refractivity contribution in [3.8, 4) is 0 Å². The average Bonchev–Trinajstić information content (AvgIpc) is 2.41. The van der Waals surface area contributed by atoms with Gasteiger partial charge >= 0.3 is 0 Å². The van der Waals surface area contributed by atoms with Crippen molar-refractivity contribution < 1.29 is 0 Å². The Kier molecular flexibility index (Phi) is 3.33. The number of rotatable bonds is 1. The molecule has 0 amide bonds. The highest BCUT2D eigenvalue weighted by Crippen LogP contribution is 2.39. The minimum Gasteiger partial charge on any atom is -0.369 e. The van der Waals surface area contributed by atoms with Crippen molar-refractivity contribution in [2.24, 2.45) is 21.5 Å². The Hall–Kier alpha value is -1.69. The molecule has 0 radical (unpaired) electrons. The van der Waals surface area contributed by atoms with Crippen LogP contribution in [0, 0.1) is 0 Å². The van der Waals surface area contributed by atoms with Gasteiger partial charge in [0.15, 0.2) is 0 Å². The maximum absolute atomic E-state index is 6.14. The van der Waals surface area contributed by atoms with Gasteiger partial charge in [0.1, 0.15) is 5.66 Å². The second kappa shape index (κ2) is 5.01. The van der Waals surface area contributed by atoms with Crippen molar-refractivity contribution in [2.75, 3.05) is 4.90 Å². The van der Waals surface area contributed by atoms with Gasteiger partial charge in [-0.05, 0) is 49.9 Å². The van der Waals surface area contributed by atoms with E-state index >= 15 is 0 Å². The maximum Gasteiger partial charge on any atom is 0.220 e. The van der Waals surface area contributed by atoms with Crippen LogP contribution >= 0.6 is 12.6 Å². The highest BCUT2D eigenvalue weighted by molar-refractivity contribution is 7.80. The van der Waals surface area contributed by atoms with E-state index in [1.807, 2.05) is 29.2 Å². The molecule has 0 aromatic heterocycles. The van der Waals surface area contributed by atoms with Crippen LogP contribution in [0.15, 0.2) is 39.1 Å². The second-order valence-electron chi connectivity index (χ2n) is 5.33. The fourth-order valence-corrected chi connectivity index (χ4v) is 3.25. The van der Waals surface area contributed by atoms with E-state index in [4.69, 9.17) is 11.5 Å². The Labute approximate surface area is 124 Å². The molecule has 5 nitrogen and oxygen atoms in total. The minimum atomic E-state index is -0.369. The SMILES string of the molecule is NC1=NC2(CCCCC2)N(c2ccc(S)cc2)C(N)=N1. The molecule has 20 heavy (non-hydrogen) atoms. The smallest absolute Gasteiger partial charge is 0.220 e. The zero-order valence-corrected chi connectivity index (χ0v) is 12.2. The van der Waals surface area contributed by atoms with E-state index in [1.165, 1.54) is 6.42 Å². The third-order valence-corrected chi connectivity index (χ3v) is 4.26. The first kappa shape index (κ1) is 13.3. The number of nitrogens with zero attached hydrogens (tertiary/aromatic N) is 3. The minimum absolute atomic E-state index is 0.284. The van der Waals surface area contributed by atoms with Crippen molar-refractivity contribution in [1.29, 1.82) is 0 Å². The number of hydrogen-bond donors (Lipinski definition) is 3. The van der Waals surface area contributed by atoms with Crippen molar-refractivity contribution in [3.05, 3.63) is 24.3 Å². The van der Waals surface area contributed by atoms with Crippen molar-refractivity contribution in [3.63, 3.8) is 0 Å². The van der Waals surface area contributed by atoms with Crippen LogP contribution in [0.2, 0.25) is 0 Å². The second-order valence-corrected chi connectivity index (χ2v) is 5.85. The predicted molar refractivity (Wildman–Crippen MR) is 85.2 cm³/mol. The number of hydrogen-bond acceptors (Lipinski definition) is 6. The van der Waals surface area contributed by atoms with Crippen molar-refractivity contribution in [2.45, 2.75) is 42.7 Å². The van der Waals surface area contributed by atoms with Crippen molar-refractivity contribution in [1.82, 2.24) is 0 Å². The summed E-state index contributed by atoms with van der Waals surface area (Å²) in [5.41, 5.74) is 12.6. The summed E-state index contributed by atoms with van der Waals surface area (Å²) in [4.78, 5) is 11.7. The van der Waals surface area contributed by atoms with Crippen LogP contribution in [-0.4, -0.2) is 17.6 Å². The molecule has 3 rings (SSSR count). The fourth-order valence-electron chi connectivity index (χ4n) is 3.10. The molecule has 1 fully saturated rings. The lowest BCUT2D eigenvalue weighted by atomic mass is 9.87. The molecule has 0 unspecified atom stereocenters. The molecule has 0 atom stereocenters. The summed E-state index contributed by atoms with van der Waals surface area (Å²) in [6.07, 6.45) is 5.40. The topological polar surface area (TPSA) is 80.0 Å². The molecule has 0 bridgehead atoms. The number of nitrogens with two attached hydrogens (primary N) is 2. The Bertz CT molecular complexity index is 557. The van der Waals surface area contributed by atoms with Gasteiger partial charge in [-0.2, -0.15) is 4.99 Å². The van der Waals surface area contributed by atoms with Crippen LogP contribution in [0.4, 0.5) is 5.69 Å². The average molecular weight is 289 g/mol. The van der Waals surface area contributed by atoms with E-state index < -0.39 is 0 Å². The quantitative estimate of drug-likeness (QED) is 0.692. The van der Waals surface area contributed by atoms with E-state index in [9.17, 15) is 0 Å². The van der Waals surface area contributed by atoms with Gasteiger partial charge in [0, 0.05) is 10.6 Å². The lowest BCUT2D eigenvalue weighted by Crippen LogP contribution is -2.58. The molecule has 0 saturated heterocycles. The van der Waals surface area contributed by atoms with E-state index in [0.29, 0.717) is 5.96 Å². The van der Waals surface area contributed by atoms with Crippen molar-refractivity contribution >= 4 is 30.2 Å². The molecule has 1 heterocycles. The van der Waals surface area contributed by atoms with E-state index in [-0.39, 0.29) is 11.6 Å². The van der Waals surface area contributed by atoms with Gasteiger partial charge in [0.2, 0.25) is 11.9 Å². The molecule has 1 saturated carbocycles. The normalized spacial score (nSPS) is 21.6.